The molecule has 0 spiro atoms. The molecule has 0 heterocycles. The Balaban J connectivity index is 2.74. The summed E-state index contributed by atoms with van der Waals surface area (Å²) in [6, 6.07) is 18.6. The molecule has 2 atom stereocenters. The van der Waals surface area contributed by atoms with Crippen LogP contribution in [0, 0.1) is 0 Å². The van der Waals surface area contributed by atoms with Crippen molar-refractivity contribution < 1.29 is 29.6 Å². The third kappa shape index (κ3) is 6.72. The second-order valence-electron chi connectivity index (χ2n) is 11.0. The van der Waals surface area contributed by atoms with Gasteiger partial charge in [-0.05, 0) is 66.5 Å². The zero-order chi connectivity index (χ0) is 25.9. The van der Waals surface area contributed by atoms with Gasteiger partial charge in [0.25, 0.3) is 0 Å². The van der Waals surface area contributed by atoms with Gasteiger partial charge < -0.3 is 29.6 Å². The van der Waals surface area contributed by atoms with Gasteiger partial charge in [0.15, 0.2) is 0 Å². The Labute approximate surface area is 205 Å². The molecule has 0 fully saturated rings. The van der Waals surface area contributed by atoms with Crippen LogP contribution in [-0.4, -0.2) is 56.9 Å². The van der Waals surface area contributed by atoms with Gasteiger partial charge in [0.05, 0.1) is 22.4 Å². The number of rotatable bonds is 11. The summed E-state index contributed by atoms with van der Waals surface area (Å²) in [6.07, 6.45) is 0. The number of aliphatic hydroxyl groups is 2. The van der Waals surface area contributed by atoms with Crippen LogP contribution in [0.3, 0.4) is 0 Å². The van der Waals surface area contributed by atoms with Crippen LogP contribution in [0.25, 0.3) is 0 Å². The quantitative estimate of drug-likeness (QED) is 0.374. The van der Waals surface area contributed by atoms with E-state index in [2.05, 4.69) is 0 Å². The van der Waals surface area contributed by atoms with Gasteiger partial charge in [-0.3, -0.25) is 0 Å². The van der Waals surface area contributed by atoms with Crippen LogP contribution < -0.4 is 0 Å². The molecule has 2 aromatic rings. The second-order valence-corrected chi connectivity index (χ2v) is 11.0. The van der Waals surface area contributed by atoms with E-state index in [4.69, 9.17) is 9.31 Å². The summed E-state index contributed by atoms with van der Waals surface area (Å²) < 4.78 is 13.0. The van der Waals surface area contributed by atoms with Crippen LogP contribution in [0.5, 0.6) is 0 Å². The molecule has 4 N–H and O–H groups in total. The normalized spacial score (nSPS) is 15.1. The van der Waals surface area contributed by atoms with Crippen molar-refractivity contribution in [1.29, 1.82) is 0 Å². The van der Waals surface area contributed by atoms with Crippen molar-refractivity contribution >= 4 is 14.2 Å². The Morgan fingerprint density at radius 3 is 1.21 bits per heavy atom. The molecule has 0 saturated heterocycles. The molecule has 0 radical (unpaired) electrons. The van der Waals surface area contributed by atoms with Crippen molar-refractivity contribution in [3.05, 3.63) is 71.8 Å². The standard InChI is InChI=1S/C26H40B2O6/c1-23(2,29)25(5,6)33-28(34-26(7,8)24(3,4)30)22(20-17-13-10-14-18-20)21(27(31)32)19-15-11-9-12-16-19/h9-18,21-22,29-32H,1-8H3/t21-,22+/m1/s1. The molecule has 8 heteroatoms. The highest BCUT2D eigenvalue weighted by molar-refractivity contribution is 6.53. The van der Waals surface area contributed by atoms with Gasteiger partial charge >= 0.3 is 14.2 Å². The smallest absolute Gasteiger partial charge is 0.427 e. The van der Waals surface area contributed by atoms with E-state index in [1.54, 1.807) is 55.4 Å². The van der Waals surface area contributed by atoms with Gasteiger partial charge in [0.2, 0.25) is 0 Å². The Bertz CT molecular complexity index is 861. The molecule has 2 aromatic carbocycles. The summed E-state index contributed by atoms with van der Waals surface area (Å²) >= 11 is 0. The van der Waals surface area contributed by atoms with Crippen LogP contribution in [0.2, 0.25) is 0 Å². The van der Waals surface area contributed by atoms with Gasteiger partial charge in [0, 0.05) is 11.6 Å². The lowest BCUT2D eigenvalue weighted by Crippen LogP contribution is -2.58. The van der Waals surface area contributed by atoms with Crippen molar-refractivity contribution in [2.45, 2.75) is 89.4 Å². The molecule has 0 aliphatic rings. The van der Waals surface area contributed by atoms with Crippen molar-refractivity contribution in [1.82, 2.24) is 0 Å². The minimum atomic E-state index is -1.72. The summed E-state index contributed by atoms with van der Waals surface area (Å²) in [5.41, 5.74) is -3.17. The van der Waals surface area contributed by atoms with Crippen molar-refractivity contribution in [2.75, 3.05) is 0 Å². The van der Waals surface area contributed by atoms with Gasteiger partial charge in [-0.15, -0.1) is 0 Å². The third-order valence-electron chi connectivity index (χ3n) is 7.14. The molecule has 6 nitrogen and oxygen atoms in total. The Morgan fingerprint density at radius 1 is 0.588 bits per heavy atom. The number of benzene rings is 2. The summed E-state index contributed by atoms with van der Waals surface area (Å²) in [4.78, 5) is 0. The van der Waals surface area contributed by atoms with Crippen LogP contribution in [0.15, 0.2) is 60.7 Å². The monoisotopic (exact) mass is 470 g/mol. The zero-order valence-electron chi connectivity index (χ0n) is 21.7. The predicted molar refractivity (Wildman–Crippen MR) is 137 cm³/mol. The summed E-state index contributed by atoms with van der Waals surface area (Å²) in [6.45, 7) is 13.6. The van der Waals surface area contributed by atoms with Gasteiger partial charge in [-0.1, -0.05) is 60.7 Å². The summed E-state index contributed by atoms with van der Waals surface area (Å²) in [5.74, 6) is -1.50. The van der Waals surface area contributed by atoms with Crippen LogP contribution in [-0.2, 0) is 9.31 Å². The van der Waals surface area contributed by atoms with E-state index >= 15 is 0 Å². The van der Waals surface area contributed by atoms with E-state index in [1.807, 2.05) is 60.7 Å². The Kier molecular flexibility index (Phi) is 8.84. The van der Waals surface area contributed by atoms with Crippen LogP contribution >= 0.6 is 0 Å². The van der Waals surface area contributed by atoms with Crippen LogP contribution in [0.1, 0.15) is 78.2 Å². The molecule has 0 amide bonds. The summed E-state index contributed by atoms with van der Waals surface area (Å²) in [5, 5.41) is 42.9. The highest BCUT2D eigenvalue weighted by atomic mass is 16.6. The minimum Gasteiger partial charge on any atom is -0.427 e. The molecule has 0 aliphatic carbocycles. The molecule has 186 valence electrons. The highest BCUT2D eigenvalue weighted by Gasteiger charge is 2.52. The van der Waals surface area contributed by atoms with E-state index < -0.39 is 48.3 Å². The fourth-order valence-electron chi connectivity index (χ4n) is 3.49. The van der Waals surface area contributed by atoms with E-state index in [0.29, 0.717) is 5.56 Å². The highest BCUT2D eigenvalue weighted by Crippen LogP contribution is 2.41. The molecule has 0 bridgehead atoms. The molecule has 0 unspecified atom stereocenters. The minimum absolute atomic E-state index is 0.688. The first-order valence-electron chi connectivity index (χ1n) is 11.7. The first-order chi connectivity index (χ1) is 15.5. The van der Waals surface area contributed by atoms with Crippen molar-refractivity contribution in [3.8, 4) is 0 Å². The SMILES string of the molecule is CC(C)(O)C(C)(C)OB(OC(C)(C)C(C)(C)O)[C@@H](c1ccccc1)[C@H](B(O)O)c1ccccc1. The van der Waals surface area contributed by atoms with E-state index in [-0.39, 0.29) is 0 Å². The molecular weight excluding hydrogens is 430 g/mol. The maximum absolute atomic E-state index is 10.8. The fraction of sp³-hybridized carbons (Fsp3) is 0.538. The maximum atomic E-state index is 10.8. The first-order valence-corrected chi connectivity index (χ1v) is 11.7. The molecule has 34 heavy (non-hydrogen) atoms. The molecule has 0 aromatic heterocycles. The van der Waals surface area contributed by atoms with Gasteiger partial charge in [0.1, 0.15) is 0 Å². The summed E-state index contributed by atoms with van der Waals surface area (Å²) in [7, 11) is -2.78. The number of hydrogen-bond donors (Lipinski definition) is 4. The first kappa shape index (κ1) is 28.6. The second kappa shape index (κ2) is 10.5. The zero-order valence-corrected chi connectivity index (χ0v) is 21.7. The van der Waals surface area contributed by atoms with E-state index in [9.17, 15) is 20.3 Å². The van der Waals surface area contributed by atoms with Crippen molar-refractivity contribution in [2.24, 2.45) is 0 Å². The topological polar surface area (TPSA) is 99.4 Å². The maximum Gasteiger partial charge on any atom is 0.465 e. The average molecular weight is 470 g/mol. The van der Waals surface area contributed by atoms with Crippen LogP contribution in [0.4, 0.5) is 0 Å². The molecular formula is C26H40B2O6. The molecule has 0 saturated carbocycles. The largest absolute Gasteiger partial charge is 0.465 e. The van der Waals surface area contributed by atoms with Gasteiger partial charge in [-0.25, -0.2) is 0 Å². The Morgan fingerprint density at radius 2 is 0.912 bits per heavy atom. The lowest BCUT2D eigenvalue weighted by Gasteiger charge is -2.46. The molecule has 2 rings (SSSR count). The van der Waals surface area contributed by atoms with Gasteiger partial charge in [-0.2, -0.15) is 0 Å². The lowest BCUT2D eigenvalue weighted by molar-refractivity contribution is -0.136. The average Bonchev–Trinajstić information content (AvgIpc) is 2.70. The van der Waals surface area contributed by atoms with E-state index in [0.717, 1.165) is 5.56 Å². The van der Waals surface area contributed by atoms with Crippen molar-refractivity contribution in [3.63, 3.8) is 0 Å². The fourth-order valence-corrected chi connectivity index (χ4v) is 3.49. The predicted octanol–water partition coefficient (Wildman–Crippen LogP) is 3.73. The lowest BCUT2D eigenvalue weighted by atomic mass is 9.49. The van der Waals surface area contributed by atoms with E-state index in [1.165, 1.54) is 0 Å². The third-order valence-corrected chi connectivity index (χ3v) is 7.14. The number of hydrogen-bond acceptors (Lipinski definition) is 6. The molecule has 0 aliphatic heterocycles. The Hall–Kier alpha value is -1.67.